The summed E-state index contributed by atoms with van der Waals surface area (Å²) in [5.41, 5.74) is 0. The Kier molecular flexibility index (Phi) is 6.78. The smallest absolute Gasteiger partial charge is 0.323 e. The van der Waals surface area contributed by atoms with E-state index in [1.54, 1.807) is 21.8 Å². The average Bonchev–Trinajstić information content (AvgIpc) is 3.29. The van der Waals surface area contributed by atoms with Gasteiger partial charge in [0.05, 0.1) is 30.3 Å². The topological polar surface area (TPSA) is 108 Å². The van der Waals surface area contributed by atoms with Gasteiger partial charge in [-0.15, -0.1) is 0 Å². The monoisotopic (exact) mass is 426 g/mol. The molecule has 0 spiro atoms. The van der Waals surface area contributed by atoms with Crippen LogP contribution < -0.4 is 5.32 Å². The Hall–Kier alpha value is -2.14. The zero-order valence-corrected chi connectivity index (χ0v) is 17.9. The Balaban J connectivity index is 1.51. The number of aromatic nitrogens is 2. The minimum Gasteiger partial charge on any atom is -0.342 e. The third-order valence-corrected chi connectivity index (χ3v) is 7.34. The second kappa shape index (κ2) is 9.12. The molecule has 1 atom stereocenters. The van der Waals surface area contributed by atoms with Crippen molar-refractivity contribution in [1.82, 2.24) is 24.5 Å². The van der Waals surface area contributed by atoms with E-state index in [4.69, 9.17) is 0 Å². The summed E-state index contributed by atoms with van der Waals surface area (Å²) < 4.78 is 25.1. The van der Waals surface area contributed by atoms with E-state index in [2.05, 4.69) is 15.3 Å². The fourth-order valence-electron chi connectivity index (χ4n) is 3.84. The number of carbonyl (C=O) groups is 2. The molecular formula is C18H30N6O4S. The molecule has 0 bridgehead atoms. The van der Waals surface area contributed by atoms with Crippen molar-refractivity contribution in [2.45, 2.75) is 26.3 Å². The van der Waals surface area contributed by atoms with Gasteiger partial charge in [-0.05, 0) is 20.3 Å². The molecule has 2 saturated heterocycles. The van der Waals surface area contributed by atoms with Gasteiger partial charge >= 0.3 is 6.03 Å². The maximum Gasteiger partial charge on any atom is 0.323 e. The van der Waals surface area contributed by atoms with E-state index in [0.717, 1.165) is 0 Å². The first-order valence-corrected chi connectivity index (χ1v) is 11.9. The van der Waals surface area contributed by atoms with Crippen LogP contribution in [0.1, 0.15) is 26.3 Å². The van der Waals surface area contributed by atoms with Crippen LogP contribution in [0.15, 0.2) is 12.3 Å². The van der Waals surface area contributed by atoms with E-state index in [1.807, 2.05) is 18.7 Å². The maximum absolute atomic E-state index is 12.7. The van der Waals surface area contributed by atoms with Crippen LogP contribution in [-0.2, 0) is 14.6 Å². The van der Waals surface area contributed by atoms with Crippen molar-refractivity contribution < 1.29 is 18.0 Å². The lowest BCUT2D eigenvalue weighted by Crippen LogP contribution is -2.52. The van der Waals surface area contributed by atoms with E-state index < -0.39 is 9.84 Å². The van der Waals surface area contributed by atoms with Crippen LogP contribution >= 0.6 is 0 Å². The molecule has 0 aromatic carbocycles. The number of anilines is 1. The number of urea groups is 1. The molecule has 1 unspecified atom stereocenters. The number of nitrogens with zero attached hydrogens (tertiary/aromatic N) is 5. The molecule has 29 heavy (non-hydrogen) atoms. The largest absolute Gasteiger partial charge is 0.342 e. The van der Waals surface area contributed by atoms with Crippen molar-refractivity contribution in [1.29, 1.82) is 0 Å². The minimum absolute atomic E-state index is 0.0524. The number of nitrogens with one attached hydrogen (secondary N) is 1. The van der Waals surface area contributed by atoms with Gasteiger partial charge in [0.25, 0.3) is 0 Å². The molecule has 2 aliphatic heterocycles. The van der Waals surface area contributed by atoms with Crippen LogP contribution in [0, 0.1) is 0 Å². The Labute approximate surface area is 171 Å². The molecule has 1 N–H and O–H groups in total. The van der Waals surface area contributed by atoms with Crippen LogP contribution in [0.2, 0.25) is 0 Å². The van der Waals surface area contributed by atoms with Crippen molar-refractivity contribution in [2.75, 3.05) is 62.6 Å². The highest BCUT2D eigenvalue weighted by Gasteiger charge is 2.31. The number of sulfone groups is 1. The Morgan fingerprint density at radius 3 is 2.48 bits per heavy atom. The van der Waals surface area contributed by atoms with Crippen LogP contribution in [0.25, 0.3) is 0 Å². The highest BCUT2D eigenvalue weighted by atomic mass is 32.2. The predicted octanol–water partition coefficient (Wildman–Crippen LogP) is 0.261. The standard InChI is InChI=1S/C18H30N6O4S/c1-3-22(4-2)17(25)13-21-8-10-23(11-9-21)18(26)20-16-5-7-19-24(16)15-6-12-29(27,28)14-15/h5,7,15H,3-4,6,8-14H2,1-2H3,(H,20,26). The Bertz CT molecular complexity index is 827. The molecule has 3 rings (SSSR count). The predicted molar refractivity (Wildman–Crippen MR) is 109 cm³/mol. The average molecular weight is 427 g/mol. The van der Waals surface area contributed by atoms with Gasteiger partial charge in [0.2, 0.25) is 5.91 Å². The van der Waals surface area contributed by atoms with E-state index in [1.165, 1.54) is 0 Å². The molecule has 1 aromatic heterocycles. The number of carbonyl (C=O) groups excluding carboxylic acids is 2. The van der Waals surface area contributed by atoms with Crippen molar-refractivity contribution >= 4 is 27.6 Å². The number of hydrogen-bond donors (Lipinski definition) is 1. The van der Waals surface area contributed by atoms with Crippen LogP contribution in [0.3, 0.4) is 0 Å². The van der Waals surface area contributed by atoms with Gasteiger partial charge in [0.1, 0.15) is 5.82 Å². The van der Waals surface area contributed by atoms with Gasteiger partial charge in [0.15, 0.2) is 9.84 Å². The number of hydrogen-bond acceptors (Lipinski definition) is 6. The second-order valence-corrected chi connectivity index (χ2v) is 9.71. The van der Waals surface area contributed by atoms with Crippen LogP contribution in [0.4, 0.5) is 10.6 Å². The van der Waals surface area contributed by atoms with Crippen molar-refractivity contribution in [3.63, 3.8) is 0 Å². The van der Waals surface area contributed by atoms with Gasteiger partial charge in [-0.3, -0.25) is 15.0 Å². The lowest BCUT2D eigenvalue weighted by molar-refractivity contribution is -0.132. The van der Waals surface area contributed by atoms with Gasteiger partial charge in [-0.25, -0.2) is 17.9 Å². The molecule has 10 nitrogen and oxygen atoms in total. The summed E-state index contributed by atoms with van der Waals surface area (Å²) in [5.74, 6) is 0.829. The molecule has 11 heteroatoms. The molecular weight excluding hydrogens is 396 g/mol. The zero-order chi connectivity index (χ0) is 21.0. The third kappa shape index (κ3) is 5.27. The lowest BCUT2D eigenvalue weighted by Gasteiger charge is -2.35. The zero-order valence-electron chi connectivity index (χ0n) is 17.1. The molecule has 3 amide bonds. The second-order valence-electron chi connectivity index (χ2n) is 7.48. The normalized spacial score (nSPS) is 21.9. The fourth-order valence-corrected chi connectivity index (χ4v) is 5.53. The third-order valence-electron chi connectivity index (χ3n) is 5.59. The SMILES string of the molecule is CCN(CC)C(=O)CN1CCN(C(=O)Nc2ccnn2C2CCS(=O)(=O)C2)CC1. The van der Waals surface area contributed by atoms with E-state index in [-0.39, 0.29) is 29.5 Å². The van der Waals surface area contributed by atoms with E-state index >= 15 is 0 Å². The van der Waals surface area contributed by atoms with Gasteiger partial charge < -0.3 is 9.80 Å². The van der Waals surface area contributed by atoms with Crippen molar-refractivity contribution in [2.24, 2.45) is 0 Å². The van der Waals surface area contributed by atoms with Crippen molar-refractivity contribution in [3.8, 4) is 0 Å². The molecule has 1 aromatic rings. The summed E-state index contributed by atoms with van der Waals surface area (Å²) in [6, 6.07) is 1.21. The molecule has 162 valence electrons. The summed E-state index contributed by atoms with van der Waals surface area (Å²) >= 11 is 0. The summed E-state index contributed by atoms with van der Waals surface area (Å²) in [4.78, 5) is 30.5. The first-order valence-electron chi connectivity index (χ1n) is 10.1. The highest BCUT2D eigenvalue weighted by molar-refractivity contribution is 7.91. The summed E-state index contributed by atoms with van der Waals surface area (Å²) in [6.07, 6.45) is 2.07. The molecule has 3 heterocycles. The number of piperazine rings is 1. The molecule has 0 radical (unpaired) electrons. The number of likely N-dealkylation sites (N-methyl/N-ethyl adjacent to an activating group) is 1. The van der Waals surface area contributed by atoms with Crippen LogP contribution in [-0.4, -0.2) is 102 Å². The van der Waals surface area contributed by atoms with Crippen LogP contribution in [0.5, 0.6) is 0 Å². The highest BCUT2D eigenvalue weighted by Crippen LogP contribution is 2.26. The molecule has 0 aliphatic carbocycles. The number of amides is 3. The summed E-state index contributed by atoms with van der Waals surface area (Å²) in [6.45, 7) is 8.06. The number of rotatable bonds is 6. The first-order chi connectivity index (χ1) is 13.8. The van der Waals surface area contributed by atoms with Gasteiger partial charge in [0, 0.05) is 45.3 Å². The molecule has 2 aliphatic rings. The Morgan fingerprint density at radius 1 is 1.21 bits per heavy atom. The van der Waals surface area contributed by atoms with E-state index in [9.17, 15) is 18.0 Å². The lowest BCUT2D eigenvalue weighted by atomic mass is 10.3. The molecule has 2 fully saturated rings. The Morgan fingerprint density at radius 2 is 1.90 bits per heavy atom. The van der Waals surface area contributed by atoms with Gasteiger partial charge in [-0.1, -0.05) is 0 Å². The van der Waals surface area contributed by atoms with Crippen molar-refractivity contribution in [3.05, 3.63) is 12.3 Å². The maximum atomic E-state index is 12.7. The summed E-state index contributed by atoms with van der Waals surface area (Å²) in [7, 11) is -3.03. The molecule has 0 saturated carbocycles. The fraction of sp³-hybridized carbons (Fsp3) is 0.722. The quantitative estimate of drug-likeness (QED) is 0.699. The van der Waals surface area contributed by atoms with Gasteiger partial charge in [-0.2, -0.15) is 5.10 Å². The summed E-state index contributed by atoms with van der Waals surface area (Å²) in [5, 5.41) is 7.06. The first kappa shape index (κ1) is 21.6. The minimum atomic E-state index is -3.03. The van der Waals surface area contributed by atoms with E-state index in [0.29, 0.717) is 58.1 Å².